The Hall–Kier alpha value is -3.47. The molecule has 0 aromatic heterocycles. The summed E-state index contributed by atoms with van der Waals surface area (Å²) in [7, 11) is 3.35. The SMILES string of the molecule is COc1ccc([C@H]2Oc3ccccc3[C@H]3CC(c4cccc(OC)c4)=NN32)cc1. The molecule has 0 aliphatic carbocycles. The van der Waals surface area contributed by atoms with E-state index in [0.29, 0.717) is 0 Å². The van der Waals surface area contributed by atoms with E-state index in [0.717, 1.165) is 40.5 Å². The molecule has 2 aliphatic rings. The average molecular weight is 386 g/mol. The van der Waals surface area contributed by atoms with Crippen molar-refractivity contribution in [2.24, 2.45) is 5.10 Å². The van der Waals surface area contributed by atoms with Crippen LogP contribution in [0.25, 0.3) is 0 Å². The topological polar surface area (TPSA) is 43.3 Å². The van der Waals surface area contributed by atoms with Gasteiger partial charge in [0.2, 0.25) is 6.23 Å². The molecule has 0 spiro atoms. The van der Waals surface area contributed by atoms with E-state index >= 15 is 0 Å². The molecule has 0 amide bonds. The number of hydrogen-bond donors (Lipinski definition) is 0. The second-order valence-corrected chi connectivity index (χ2v) is 7.16. The number of hydrogen-bond acceptors (Lipinski definition) is 5. The number of methoxy groups -OCH3 is 2. The highest BCUT2D eigenvalue weighted by atomic mass is 16.5. The molecule has 146 valence electrons. The van der Waals surface area contributed by atoms with Crippen molar-refractivity contribution in [1.82, 2.24) is 5.01 Å². The van der Waals surface area contributed by atoms with E-state index in [-0.39, 0.29) is 12.3 Å². The van der Waals surface area contributed by atoms with Gasteiger partial charge in [-0.1, -0.05) is 30.3 Å². The van der Waals surface area contributed by atoms with E-state index in [4.69, 9.17) is 19.3 Å². The van der Waals surface area contributed by atoms with Crippen LogP contribution in [0.4, 0.5) is 0 Å². The van der Waals surface area contributed by atoms with Crippen molar-refractivity contribution in [3.8, 4) is 17.2 Å². The summed E-state index contributed by atoms with van der Waals surface area (Å²) in [5.41, 5.74) is 4.32. The van der Waals surface area contributed by atoms with Crippen LogP contribution in [0.2, 0.25) is 0 Å². The van der Waals surface area contributed by atoms with Gasteiger partial charge in [-0.05, 0) is 42.5 Å². The predicted octanol–water partition coefficient (Wildman–Crippen LogP) is 4.95. The monoisotopic (exact) mass is 386 g/mol. The summed E-state index contributed by atoms with van der Waals surface area (Å²) in [6, 6.07) is 24.4. The van der Waals surface area contributed by atoms with E-state index in [1.54, 1.807) is 14.2 Å². The highest BCUT2D eigenvalue weighted by molar-refractivity contribution is 6.02. The lowest BCUT2D eigenvalue weighted by molar-refractivity contribution is -0.0190. The second kappa shape index (κ2) is 7.17. The molecule has 0 saturated heterocycles. The molecule has 0 saturated carbocycles. The fraction of sp³-hybridized carbons (Fsp3) is 0.208. The first-order valence-corrected chi connectivity index (χ1v) is 9.66. The van der Waals surface area contributed by atoms with Gasteiger partial charge < -0.3 is 14.2 Å². The van der Waals surface area contributed by atoms with E-state index < -0.39 is 0 Å². The molecule has 5 heteroatoms. The maximum atomic E-state index is 6.39. The maximum Gasteiger partial charge on any atom is 0.213 e. The third kappa shape index (κ3) is 3.09. The van der Waals surface area contributed by atoms with Crippen LogP contribution in [0.1, 0.15) is 35.4 Å². The van der Waals surface area contributed by atoms with Gasteiger partial charge in [0.15, 0.2) is 0 Å². The van der Waals surface area contributed by atoms with Crippen molar-refractivity contribution in [2.75, 3.05) is 14.2 Å². The van der Waals surface area contributed by atoms with Crippen molar-refractivity contribution >= 4 is 5.71 Å². The first-order chi connectivity index (χ1) is 14.3. The van der Waals surface area contributed by atoms with Crippen LogP contribution in [0.5, 0.6) is 17.2 Å². The summed E-state index contributed by atoms with van der Waals surface area (Å²) in [5.74, 6) is 2.57. The van der Waals surface area contributed by atoms with E-state index in [1.165, 1.54) is 5.56 Å². The van der Waals surface area contributed by atoms with Crippen LogP contribution >= 0.6 is 0 Å². The summed E-state index contributed by atoms with van der Waals surface area (Å²) in [5, 5.41) is 7.08. The number of hydrazone groups is 1. The first-order valence-electron chi connectivity index (χ1n) is 9.66. The molecule has 0 radical (unpaired) electrons. The van der Waals surface area contributed by atoms with Gasteiger partial charge >= 0.3 is 0 Å². The highest BCUT2D eigenvalue weighted by Crippen LogP contribution is 2.47. The quantitative estimate of drug-likeness (QED) is 0.637. The molecule has 3 aromatic rings. The summed E-state index contributed by atoms with van der Waals surface area (Å²) in [6.45, 7) is 0. The Bertz CT molecular complexity index is 1060. The first kappa shape index (κ1) is 17.6. The molecule has 5 nitrogen and oxygen atoms in total. The Morgan fingerprint density at radius 1 is 0.897 bits per heavy atom. The van der Waals surface area contributed by atoms with Crippen LogP contribution in [-0.2, 0) is 0 Å². The molecule has 0 N–H and O–H groups in total. The number of nitrogens with zero attached hydrogens (tertiary/aromatic N) is 2. The molecule has 3 aromatic carbocycles. The van der Waals surface area contributed by atoms with Crippen molar-refractivity contribution in [3.63, 3.8) is 0 Å². The molecule has 2 aliphatic heterocycles. The summed E-state index contributed by atoms with van der Waals surface area (Å²) in [4.78, 5) is 0. The zero-order chi connectivity index (χ0) is 19.8. The van der Waals surface area contributed by atoms with E-state index in [1.807, 2.05) is 54.6 Å². The van der Waals surface area contributed by atoms with E-state index in [2.05, 4.69) is 23.2 Å². The van der Waals surface area contributed by atoms with Gasteiger partial charge in [-0.25, -0.2) is 5.01 Å². The predicted molar refractivity (Wildman–Crippen MR) is 112 cm³/mol. The standard InChI is InChI=1S/C24H22N2O3/c1-27-18-12-10-16(11-13-18)24-26-22(20-8-3-4-9-23(20)29-24)15-21(25-26)17-6-5-7-19(14-17)28-2/h3-14,22,24H,15H2,1-2H3/t22-,24-/m1/s1. The van der Waals surface area contributed by atoms with Gasteiger partial charge in [0.1, 0.15) is 17.2 Å². The summed E-state index contributed by atoms with van der Waals surface area (Å²) < 4.78 is 17.1. The minimum absolute atomic E-state index is 0.133. The fourth-order valence-electron chi connectivity index (χ4n) is 4.00. The normalized spacial score (nSPS) is 19.7. The Morgan fingerprint density at radius 3 is 2.48 bits per heavy atom. The third-order valence-corrected chi connectivity index (χ3v) is 5.50. The number of ether oxygens (including phenoxy) is 3. The van der Waals surface area contributed by atoms with Gasteiger partial charge in [0.05, 0.1) is 26.0 Å². The lowest BCUT2D eigenvalue weighted by atomic mass is 9.96. The molecular formula is C24H22N2O3. The Kier molecular flexibility index (Phi) is 4.35. The van der Waals surface area contributed by atoms with Gasteiger partial charge in [-0.3, -0.25) is 0 Å². The van der Waals surface area contributed by atoms with Gasteiger partial charge in [0.25, 0.3) is 0 Å². The Labute approximate surface area is 170 Å². The van der Waals surface area contributed by atoms with Crippen LogP contribution in [0.15, 0.2) is 77.9 Å². The summed E-state index contributed by atoms with van der Waals surface area (Å²) in [6.07, 6.45) is 0.532. The lowest BCUT2D eigenvalue weighted by Gasteiger charge is -2.38. The minimum Gasteiger partial charge on any atom is -0.497 e. The number of benzene rings is 3. The van der Waals surface area contributed by atoms with Crippen LogP contribution in [-0.4, -0.2) is 24.9 Å². The fourth-order valence-corrected chi connectivity index (χ4v) is 4.00. The zero-order valence-corrected chi connectivity index (χ0v) is 16.4. The molecule has 2 heterocycles. The number of rotatable bonds is 4. The molecule has 0 fully saturated rings. The van der Waals surface area contributed by atoms with Crippen LogP contribution in [0.3, 0.4) is 0 Å². The molecule has 2 atom stereocenters. The Balaban J connectivity index is 1.56. The molecule has 0 bridgehead atoms. The molecule has 0 unspecified atom stereocenters. The molecular weight excluding hydrogens is 364 g/mol. The molecule has 29 heavy (non-hydrogen) atoms. The smallest absolute Gasteiger partial charge is 0.213 e. The Morgan fingerprint density at radius 2 is 1.69 bits per heavy atom. The van der Waals surface area contributed by atoms with Crippen molar-refractivity contribution in [3.05, 3.63) is 89.5 Å². The lowest BCUT2D eigenvalue weighted by Crippen LogP contribution is -2.33. The molecule has 5 rings (SSSR count). The number of para-hydroxylation sites is 1. The number of fused-ring (bicyclic) bond motifs is 3. The van der Waals surface area contributed by atoms with Crippen molar-refractivity contribution in [2.45, 2.75) is 18.7 Å². The summed E-state index contributed by atoms with van der Waals surface area (Å²) >= 11 is 0. The maximum absolute atomic E-state index is 6.39. The average Bonchev–Trinajstić information content (AvgIpc) is 3.24. The van der Waals surface area contributed by atoms with Crippen LogP contribution < -0.4 is 14.2 Å². The minimum atomic E-state index is -0.288. The van der Waals surface area contributed by atoms with Crippen molar-refractivity contribution in [1.29, 1.82) is 0 Å². The van der Waals surface area contributed by atoms with Crippen molar-refractivity contribution < 1.29 is 14.2 Å². The van der Waals surface area contributed by atoms with E-state index in [9.17, 15) is 0 Å². The van der Waals surface area contributed by atoms with Gasteiger partial charge in [-0.2, -0.15) is 5.10 Å². The van der Waals surface area contributed by atoms with Gasteiger partial charge in [-0.15, -0.1) is 0 Å². The third-order valence-electron chi connectivity index (χ3n) is 5.50. The highest BCUT2D eigenvalue weighted by Gasteiger charge is 2.40. The van der Waals surface area contributed by atoms with Crippen LogP contribution in [0, 0.1) is 0 Å². The zero-order valence-electron chi connectivity index (χ0n) is 16.4. The largest absolute Gasteiger partial charge is 0.497 e. The second-order valence-electron chi connectivity index (χ2n) is 7.16. The van der Waals surface area contributed by atoms with Gasteiger partial charge in [0, 0.05) is 23.1 Å².